The van der Waals surface area contributed by atoms with Crippen LogP contribution in [0.3, 0.4) is 0 Å². The summed E-state index contributed by atoms with van der Waals surface area (Å²) >= 11 is 0. The van der Waals surface area contributed by atoms with Gasteiger partial charge in [0.2, 0.25) is 0 Å². The van der Waals surface area contributed by atoms with E-state index >= 15 is 0 Å². The summed E-state index contributed by atoms with van der Waals surface area (Å²) in [5.41, 5.74) is 0. The van der Waals surface area contributed by atoms with Gasteiger partial charge in [-0.2, -0.15) is 0 Å². The lowest BCUT2D eigenvalue weighted by molar-refractivity contribution is 0.206. The van der Waals surface area contributed by atoms with E-state index in [1.807, 2.05) is 11.8 Å². The SMILES string of the molecule is CC/C=N/C(=O)N(CCCC)CCCC. The highest BCUT2D eigenvalue weighted by molar-refractivity contribution is 5.83. The minimum absolute atomic E-state index is 0.0706. The van der Waals surface area contributed by atoms with Crippen LogP contribution in [0.2, 0.25) is 0 Å². The maximum atomic E-state index is 11.6. The molecule has 0 spiro atoms. The van der Waals surface area contributed by atoms with Gasteiger partial charge < -0.3 is 4.90 Å². The fourth-order valence-corrected chi connectivity index (χ4v) is 1.25. The summed E-state index contributed by atoms with van der Waals surface area (Å²) in [5, 5.41) is 0. The molecule has 0 N–H and O–H groups in total. The predicted molar refractivity (Wildman–Crippen MR) is 65.6 cm³/mol. The molecule has 15 heavy (non-hydrogen) atoms. The van der Waals surface area contributed by atoms with Gasteiger partial charge >= 0.3 is 6.03 Å². The molecule has 0 aliphatic heterocycles. The largest absolute Gasteiger partial charge is 0.343 e. The van der Waals surface area contributed by atoms with E-state index in [1.54, 1.807) is 6.21 Å². The Hall–Kier alpha value is -0.860. The summed E-state index contributed by atoms with van der Waals surface area (Å²) < 4.78 is 0. The zero-order chi connectivity index (χ0) is 11.5. The summed E-state index contributed by atoms with van der Waals surface area (Å²) in [7, 11) is 0. The van der Waals surface area contributed by atoms with E-state index in [-0.39, 0.29) is 6.03 Å². The molecule has 0 aromatic carbocycles. The maximum Gasteiger partial charge on any atom is 0.343 e. The normalized spacial score (nSPS) is 10.9. The molecule has 0 aliphatic rings. The first kappa shape index (κ1) is 14.1. The molecule has 0 fully saturated rings. The smallest absolute Gasteiger partial charge is 0.323 e. The van der Waals surface area contributed by atoms with Crippen molar-refractivity contribution in [1.82, 2.24) is 4.90 Å². The van der Waals surface area contributed by atoms with Crippen molar-refractivity contribution in [3.63, 3.8) is 0 Å². The van der Waals surface area contributed by atoms with Crippen LogP contribution in [0.25, 0.3) is 0 Å². The number of amides is 2. The Morgan fingerprint density at radius 1 is 1.13 bits per heavy atom. The Kier molecular flexibility index (Phi) is 9.13. The summed E-state index contributed by atoms with van der Waals surface area (Å²) in [6.07, 6.45) is 6.88. The lowest BCUT2D eigenvalue weighted by Gasteiger charge is -2.19. The van der Waals surface area contributed by atoms with Crippen LogP contribution < -0.4 is 0 Å². The molecule has 0 bridgehead atoms. The quantitative estimate of drug-likeness (QED) is 0.594. The van der Waals surface area contributed by atoms with E-state index in [0.717, 1.165) is 45.2 Å². The van der Waals surface area contributed by atoms with Gasteiger partial charge in [-0.25, -0.2) is 9.79 Å². The Morgan fingerprint density at radius 3 is 2.07 bits per heavy atom. The third-order valence-corrected chi connectivity index (χ3v) is 2.22. The molecule has 0 aromatic rings. The Labute approximate surface area is 93.6 Å². The molecule has 2 amide bonds. The molecule has 0 atom stereocenters. The second-order valence-corrected chi connectivity index (χ2v) is 3.70. The fraction of sp³-hybridized carbons (Fsp3) is 0.833. The van der Waals surface area contributed by atoms with Gasteiger partial charge in [0.05, 0.1) is 0 Å². The van der Waals surface area contributed by atoms with Crippen molar-refractivity contribution in [3.8, 4) is 0 Å². The first-order chi connectivity index (χ1) is 7.26. The Bertz CT molecular complexity index is 182. The Morgan fingerprint density at radius 2 is 1.67 bits per heavy atom. The van der Waals surface area contributed by atoms with Crippen molar-refractivity contribution in [2.45, 2.75) is 52.9 Å². The molecular weight excluding hydrogens is 188 g/mol. The molecule has 88 valence electrons. The third-order valence-electron chi connectivity index (χ3n) is 2.22. The van der Waals surface area contributed by atoms with Crippen molar-refractivity contribution in [2.75, 3.05) is 13.1 Å². The molecule has 3 nitrogen and oxygen atoms in total. The molecule has 0 saturated heterocycles. The molecule has 0 rings (SSSR count). The standard InChI is InChI=1S/C12H24N2O/c1-4-7-10-14(11-8-5-2)12(15)13-9-6-3/h9H,4-8,10-11H2,1-3H3/b13-9+. The molecule has 0 aliphatic carbocycles. The van der Waals surface area contributed by atoms with Gasteiger partial charge in [0.1, 0.15) is 0 Å². The van der Waals surface area contributed by atoms with E-state index in [4.69, 9.17) is 0 Å². The van der Waals surface area contributed by atoms with Crippen molar-refractivity contribution in [1.29, 1.82) is 0 Å². The first-order valence-corrected chi connectivity index (χ1v) is 6.07. The number of nitrogens with zero attached hydrogens (tertiary/aromatic N) is 2. The van der Waals surface area contributed by atoms with E-state index in [1.165, 1.54) is 0 Å². The first-order valence-electron chi connectivity index (χ1n) is 6.07. The molecule has 0 heterocycles. The van der Waals surface area contributed by atoms with Crippen molar-refractivity contribution in [2.24, 2.45) is 4.99 Å². The second kappa shape index (κ2) is 9.69. The fourth-order valence-electron chi connectivity index (χ4n) is 1.25. The average Bonchev–Trinajstić information content (AvgIpc) is 2.26. The predicted octanol–water partition coefficient (Wildman–Crippen LogP) is 3.49. The highest BCUT2D eigenvalue weighted by Gasteiger charge is 2.09. The van der Waals surface area contributed by atoms with Crippen LogP contribution in [0.1, 0.15) is 52.9 Å². The van der Waals surface area contributed by atoms with E-state index < -0.39 is 0 Å². The Balaban J connectivity index is 4.07. The molecule has 0 aromatic heterocycles. The van der Waals surface area contributed by atoms with Crippen molar-refractivity contribution < 1.29 is 4.79 Å². The van der Waals surface area contributed by atoms with Crippen LogP contribution in [0.5, 0.6) is 0 Å². The van der Waals surface area contributed by atoms with Crippen LogP contribution in [0, 0.1) is 0 Å². The topological polar surface area (TPSA) is 32.7 Å². The molecule has 3 heteroatoms. The molecule has 0 saturated carbocycles. The number of hydrogen-bond acceptors (Lipinski definition) is 1. The lowest BCUT2D eigenvalue weighted by atomic mass is 10.3. The number of rotatable bonds is 7. The summed E-state index contributed by atoms with van der Waals surface area (Å²) in [6.45, 7) is 7.95. The minimum Gasteiger partial charge on any atom is -0.323 e. The van der Waals surface area contributed by atoms with Crippen molar-refractivity contribution >= 4 is 12.2 Å². The minimum atomic E-state index is -0.0706. The zero-order valence-electron chi connectivity index (χ0n) is 10.3. The van der Waals surface area contributed by atoms with E-state index in [0.29, 0.717) is 0 Å². The third kappa shape index (κ3) is 7.11. The summed E-state index contributed by atoms with van der Waals surface area (Å²) in [4.78, 5) is 17.4. The lowest BCUT2D eigenvalue weighted by Crippen LogP contribution is -2.30. The monoisotopic (exact) mass is 212 g/mol. The number of aliphatic imine (C=N–C) groups is 1. The van der Waals surface area contributed by atoms with Crippen LogP contribution >= 0.6 is 0 Å². The number of carbonyl (C=O) groups is 1. The number of hydrogen-bond donors (Lipinski definition) is 0. The van der Waals surface area contributed by atoms with Crippen LogP contribution in [-0.4, -0.2) is 30.2 Å². The molecule has 0 unspecified atom stereocenters. The highest BCUT2D eigenvalue weighted by Crippen LogP contribution is 2.01. The summed E-state index contributed by atoms with van der Waals surface area (Å²) in [5.74, 6) is 0. The highest BCUT2D eigenvalue weighted by atomic mass is 16.2. The number of unbranched alkanes of at least 4 members (excludes halogenated alkanes) is 2. The van der Waals surface area contributed by atoms with Gasteiger partial charge in [0.15, 0.2) is 0 Å². The maximum absolute atomic E-state index is 11.6. The van der Waals surface area contributed by atoms with Crippen molar-refractivity contribution in [3.05, 3.63) is 0 Å². The molecular formula is C12H24N2O. The van der Waals surface area contributed by atoms with Gasteiger partial charge in [-0.3, -0.25) is 0 Å². The van der Waals surface area contributed by atoms with Crippen LogP contribution in [0.4, 0.5) is 4.79 Å². The van der Waals surface area contributed by atoms with Gasteiger partial charge in [-0.1, -0.05) is 33.6 Å². The van der Waals surface area contributed by atoms with Gasteiger partial charge in [-0.15, -0.1) is 0 Å². The second-order valence-electron chi connectivity index (χ2n) is 3.70. The van der Waals surface area contributed by atoms with Gasteiger partial charge in [-0.05, 0) is 19.3 Å². The average molecular weight is 212 g/mol. The van der Waals surface area contributed by atoms with Gasteiger partial charge in [0.25, 0.3) is 0 Å². The van der Waals surface area contributed by atoms with E-state index in [2.05, 4.69) is 18.8 Å². The number of urea groups is 1. The number of carbonyl (C=O) groups excluding carboxylic acids is 1. The summed E-state index contributed by atoms with van der Waals surface area (Å²) in [6, 6.07) is -0.0706. The van der Waals surface area contributed by atoms with Crippen LogP contribution in [0.15, 0.2) is 4.99 Å². The van der Waals surface area contributed by atoms with Crippen LogP contribution in [-0.2, 0) is 0 Å². The zero-order valence-corrected chi connectivity index (χ0v) is 10.3. The van der Waals surface area contributed by atoms with Gasteiger partial charge in [0, 0.05) is 19.3 Å². The molecule has 0 radical (unpaired) electrons. The van der Waals surface area contributed by atoms with E-state index in [9.17, 15) is 4.79 Å².